The Kier molecular flexibility index (Phi) is 4.20. The third-order valence-electron chi connectivity index (χ3n) is 5.14. The summed E-state index contributed by atoms with van der Waals surface area (Å²) in [7, 11) is 0. The van der Waals surface area contributed by atoms with Gasteiger partial charge in [-0.3, -0.25) is 4.79 Å². The monoisotopic (exact) mass is 385 g/mol. The number of fused-ring (bicyclic) bond motifs is 2. The van der Waals surface area contributed by atoms with Crippen molar-refractivity contribution in [2.75, 3.05) is 11.5 Å². The zero-order chi connectivity index (χ0) is 19.8. The summed E-state index contributed by atoms with van der Waals surface area (Å²) in [6.07, 6.45) is 3.94. The van der Waals surface area contributed by atoms with Crippen LogP contribution in [-0.2, 0) is 11.2 Å². The number of benzene rings is 2. The molecule has 5 rings (SSSR count). The van der Waals surface area contributed by atoms with E-state index in [2.05, 4.69) is 21.1 Å². The van der Waals surface area contributed by atoms with Gasteiger partial charge in [0.1, 0.15) is 11.7 Å². The van der Waals surface area contributed by atoms with Crippen LogP contribution in [-0.4, -0.2) is 38.3 Å². The first kappa shape index (κ1) is 17.4. The van der Waals surface area contributed by atoms with Gasteiger partial charge in [0.25, 0.3) is 5.91 Å². The number of hydrogen-bond acceptors (Lipinski definition) is 5. The van der Waals surface area contributed by atoms with E-state index in [-0.39, 0.29) is 18.6 Å². The zero-order valence-electron chi connectivity index (χ0n) is 15.9. The summed E-state index contributed by atoms with van der Waals surface area (Å²) >= 11 is 0. The van der Waals surface area contributed by atoms with Gasteiger partial charge in [-0.25, -0.2) is 14.6 Å². The van der Waals surface area contributed by atoms with Crippen molar-refractivity contribution in [3.05, 3.63) is 72.7 Å². The Hall–Kier alpha value is -3.74. The van der Waals surface area contributed by atoms with E-state index >= 15 is 0 Å². The van der Waals surface area contributed by atoms with E-state index in [1.54, 1.807) is 15.8 Å². The quantitative estimate of drug-likeness (QED) is 0.539. The molecule has 4 aromatic rings. The molecule has 0 saturated carbocycles. The molecule has 2 aromatic heterocycles. The van der Waals surface area contributed by atoms with E-state index in [0.717, 1.165) is 17.8 Å². The summed E-state index contributed by atoms with van der Waals surface area (Å²) < 4.78 is 7.54. The third kappa shape index (κ3) is 3.00. The second-order valence-electron chi connectivity index (χ2n) is 7.04. The highest BCUT2D eigenvalue weighted by atomic mass is 16.5. The van der Waals surface area contributed by atoms with Crippen molar-refractivity contribution in [3.63, 3.8) is 0 Å². The molecule has 0 saturated heterocycles. The number of nitrogens with zero attached hydrogens (tertiary/aromatic N) is 5. The van der Waals surface area contributed by atoms with E-state index < -0.39 is 0 Å². The summed E-state index contributed by atoms with van der Waals surface area (Å²) in [6.45, 7) is 1.95. The first-order valence-corrected chi connectivity index (χ1v) is 9.49. The van der Waals surface area contributed by atoms with Crippen LogP contribution in [0.5, 0.6) is 5.88 Å². The van der Waals surface area contributed by atoms with Gasteiger partial charge in [-0.1, -0.05) is 36.4 Å². The first-order chi connectivity index (χ1) is 14.2. The van der Waals surface area contributed by atoms with Crippen LogP contribution in [0, 0.1) is 0 Å². The molecule has 0 N–H and O–H groups in total. The lowest BCUT2D eigenvalue weighted by atomic mass is 10.1. The van der Waals surface area contributed by atoms with Crippen molar-refractivity contribution in [3.8, 4) is 11.6 Å². The number of aromatic nitrogens is 4. The molecule has 0 fully saturated rings. The summed E-state index contributed by atoms with van der Waals surface area (Å²) in [5.41, 5.74) is 3.67. The van der Waals surface area contributed by atoms with Gasteiger partial charge >= 0.3 is 0 Å². The fourth-order valence-electron chi connectivity index (χ4n) is 3.84. The SMILES string of the molecule is C[C@H]1Cc2ccccc2N1C(=O)COc1ncnc2c1cnn2-c1ccccc1. The van der Waals surface area contributed by atoms with Crippen molar-refractivity contribution in [1.82, 2.24) is 19.7 Å². The Morgan fingerprint density at radius 1 is 1.10 bits per heavy atom. The lowest BCUT2D eigenvalue weighted by Gasteiger charge is -2.22. The lowest BCUT2D eigenvalue weighted by molar-refractivity contribution is -0.120. The molecule has 3 heterocycles. The maximum absolute atomic E-state index is 12.9. The number of amides is 1. The van der Waals surface area contributed by atoms with Crippen LogP contribution in [0.25, 0.3) is 16.7 Å². The number of carbonyl (C=O) groups is 1. The molecule has 144 valence electrons. The fourth-order valence-corrected chi connectivity index (χ4v) is 3.84. The number of rotatable bonds is 4. The summed E-state index contributed by atoms with van der Waals surface area (Å²) in [5, 5.41) is 5.08. The first-order valence-electron chi connectivity index (χ1n) is 9.49. The zero-order valence-corrected chi connectivity index (χ0v) is 15.9. The minimum atomic E-state index is -0.0959. The molecule has 7 heteroatoms. The number of ether oxygens (including phenoxy) is 1. The normalized spacial score (nSPS) is 15.5. The highest BCUT2D eigenvalue weighted by Crippen LogP contribution is 2.32. The summed E-state index contributed by atoms with van der Waals surface area (Å²) in [5.74, 6) is 0.260. The topological polar surface area (TPSA) is 73.1 Å². The summed E-state index contributed by atoms with van der Waals surface area (Å²) in [4.78, 5) is 23.3. The van der Waals surface area contributed by atoms with E-state index in [0.29, 0.717) is 16.9 Å². The molecule has 1 aliphatic heterocycles. The smallest absolute Gasteiger partial charge is 0.265 e. The van der Waals surface area contributed by atoms with Crippen LogP contribution in [0.3, 0.4) is 0 Å². The Labute approximate surface area is 167 Å². The van der Waals surface area contributed by atoms with Crippen molar-refractivity contribution in [2.24, 2.45) is 0 Å². The molecular weight excluding hydrogens is 366 g/mol. The number of carbonyl (C=O) groups excluding carboxylic acids is 1. The molecule has 0 radical (unpaired) electrons. The molecule has 1 amide bonds. The predicted octanol–water partition coefficient (Wildman–Crippen LogP) is 3.17. The molecular formula is C22H19N5O2. The van der Waals surface area contributed by atoms with E-state index in [1.807, 2.05) is 55.5 Å². The van der Waals surface area contributed by atoms with Crippen LogP contribution in [0.4, 0.5) is 5.69 Å². The Bertz CT molecular complexity index is 1190. The minimum Gasteiger partial charge on any atom is -0.467 e. The van der Waals surface area contributed by atoms with Gasteiger partial charge in [0.2, 0.25) is 5.88 Å². The molecule has 2 aromatic carbocycles. The second-order valence-corrected chi connectivity index (χ2v) is 7.04. The standard InChI is InChI=1S/C22H19N5O2/c1-15-11-16-7-5-6-10-19(16)26(15)20(28)13-29-22-18-12-25-27(21(18)23-14-24-22)17-8-3-2-4-9-17/h2-10,12,14-15H,11,13H2,1H3/t15-/m0/s1. The molecule has 29 heavy (non-hydrogen) atoms. The predicted molar refractivity (Wildman–Crippen MR) is 109 cm³/mol. The Balaban J connectivity index is 1.39. The van der Waals surface area contributed by atoms with Gasteiger partial charge < -0.3 is 9.64 Å². The number of para-hydroxylation sites is 2. The summed E-state index contributed by atoms with van der Waals surface area (Å²) in [6, 6.07) is 17.8. The van der Waals surface area contributed by atoms with Gasteiger partial charge in [-0.2, -0.15) is 5.10 Å². The van der Waals surface area contributed by atoms with E-state index in [4.69, 9.17) is 4.74 Å². The highest BCUT2D eigenvalue weighted by Gasteiger charge is 2.30. The van der Waals surface area contributed by atoms with Crippen LogP contribution in [0.2, 0.25) is 0 Å². The second kappa shape index (κ2) is 7.01. The average molecular weight is 385 g/mol. The average Bonchev–Trinajstić information content (AvgIpc) is 3.33. The molecule has 0 bridgehead atoms. The maximum Gasteiger partial charge on any atom is 0.265 e. The van der Waals surface area contributed by atoms with E-state index in [1.165, 1.54) is 11.9 Å². The maximum atomic E-state index is 12.9. The molecule has 1 aliphatic rings. The van der Waals surface area contributed by atoms with Crippen LogP contribution >= 0.6 is 0 Å². The van der Waals surface area contributed by atoms with Crippen molar-refractivity contribution < 1.29 is 9.53 Å². The van der Waals surface area contributed by atoms with Crippen molar-refractivity contribution in [1.29, 1.82) is 0 Å². The van der Waals surface area contributed by atoms with Crippen LogP contribution in [0.15, 0.2) is 67.1 Å². The van der Waals surface area contributed by atoms with E-state index in [9.17, 15) is 4.79 Å². The van der Waals surface area contributed by atoms with Gasteiger partial charge in [-0.15, -0.1) is 0 Å². The molecule has 0 unspecified atom stereocenters. The van der Waals surface area contributed by atoms with Gasteiger partial charge in [-0.05, 0) is 37.1 Å². The lowest BCUT2D eigenvalue weighted by Crippen LogP contribution is -2.39. The number of anilines is 1. The van der Waals surface area contributed by atoms with Crippen molar-refractivity contribution in [2.45, 2.75) is 19.4 Å². The minimum absolute atomic E-state index is 0.0929. The van der Waals surface area contributed by atoms with Crippen LogP contribution in [0.1, 0.15) is 12.5 Å². The molecule has 1 atom stereocenters. The Morgan fingerprint density at radius 2 is 1.90 bits per heavy atom. The largest absolute Gasteiger partial charge is 0.467 e. The number of hydrogen-bond donors (Lipinski definition) is 0. The van der Waals surface area contributed by atoms with Crippen LogP contribution < -0.4 is 9.64 Å². The van der Waals surface area contributed by atoms with Gasteiger partial charge in [0.05, 0.1) is 11.9 Å². The highest BCUT2D eigenvalue weighted by molar-refractivity contribution is 5.97. The molecule has 0 spiro atoms. The van der Waals surface area contributed by atoms with Gasteiger partial charge in [0, 0.05) is 11.7 Å². The Morgan fingerprint density at radius 3 is 2.76 bits per heavy atom. The van der Waals surface area contributed by atoms with Crippen molar-refractivity contribution >= 4 is 22.6 Å². The third-order valence-corrected chi connectivity index (χ3v) is 5.14. The molecule has 0 aliphatic carbocycles. The fraction of sp³-hybridized carbons (Fsp3) is 0.182. The van der Waals surface area contributed by atoms with Gasteiger partial charge in [0.15, 0.2) is 12.3 Å². The molecule has 7 nitrogen and oxygen atoms in total.